The van der Waals surface area contributed by atoms with E-state index in [2.05, 4.69) is 24.5 Å². The summed E-state index contributed by atoms with van der Waals surface area (Å²) in [7, 11) is -3.09. The third kappa shape index (κ3) is 4.08. The minimum absolute atomic E-state index is 0.271. The molecule has 3 N–H and O–H groups in total. The van der Waals surface area contributed by atoms with Crippen molar-refractivity contribution in [2.24, 2.45) is 5.84 Å². The lowest BCUT2D eigenvalue weighted by molar-refractivity contribution is 0.494. The molecule has 0 radical (unpaired) electrons. The summed E-state index contributed by atoms with van der Waals surface area (Å²) < 4.78 is 23.1. The second-order valence-corrected chi connectivity index (χ2v) is 7.08. The predicted molar refractivity (Wildman–Crippen MR) is 74.9 cm³/mol. The van der Waals surface area contributed by atoms with Crippen molar-refractivity contribution in [3.8, 4) is 0 Å². The van der Waals surface area contributed by atoms with Crippen LogP contribution < -0.4 is 11.3 Å². The smallest absolute Gasteiger partial charge is 0.151 e. The van der Waals surface area contributed by atoms with E-state index in [0.717, 1.165) is 12.0 Å². The number of hydrogen-bond donors (Lipinski definition) is 2. The Balaban J connectivity index is 2.79. The van der Waals surface area contributed by atoms with E-state index in [9.17, 15) is 8.42 Å². The molecule has 0 saturated heterocycles. The van der Waals surface area contributed by atoms with Crippen LogP contribution in [-0.4, -0.2) is 26.0 Å². The Labute approximate surface area is 109 Å². The molecule has 0 aliphatic heterocycles. The molecule has 1 aromatic rings. The molecule has 0 aliphatic carbocycles. The van der Waals surface area contributed by atoms with Gasteiger partial charge in [-0.1, -0.05) is 31.2 Å². The minimum atomic E-state index is -3.09. The van der Waals surface area contributed by atoms with Gasteiger partial charge >= 0.3 is 0 Å². The summed E-state index contributed by atoms with van der Waals surface area (Å²) in [4.78, 5) is 0. The Hall–Kier alpha value is -0.910. The summed E-state index contributed by atoms with van der Waals surface area (Å²) in [5, 5.41) is -0.506. The fourth-order valence-corrected chi connectivity index (χ4v) is 2.60. The van der Waals surface area contributed by atoms with Crippen molar-refractivity contribution in [3.63, 3.8) is 0 Å². The van der Waals surface area contributed by atoms with Crippen LogP contribution in [0.15, 0.2) is 24.3 Å². The van der Waals surface area contributed by atoms with Crippen LogP contribution >= 0.6 is 0 Å². The zero-order valence-electron chi connectivity index (χ0n) is 11.2. The first kappa shape index (κ1) is 15.1. The topological polar surface area (TPSA) is 72.2 Å². The molecule has 5 heteroatoms. The first-order valence-corrected chi connectivity index (χ1v) is 8.06. The monoisotopic (exact) mass is 270 g/mol. The highest BCUT2D eigenvalue weighted by Gasteiger charge is 2.25. The molecule has 2 atom stereocenters. The van der Waals surface area contributed by atoms with Crippen molar-refractivity contribution in [2.45, 2.75) is 38.0 Å². The highest BCUT2D eigenvalue weighted by Crippen LogP contribution is 2.12. The largest absolute Gasteiger partial charge is 0.271 e. The lowest BCUT2D eigenvalue weighted by Gasteiger charge is -2.21. The number of benzene rings is 1. The Kier molecular flexibility index (Phi) is 5.31. The predicted octanol–water partition coefficient (Wildman–Crippen LogP) is 1.06. The molecule has 1 rings (SSSR count). The standard InChI is InChI=1S/C13H22N2O2S/c1-4-11-5-7-12(8-6-11)9-13(15-14)10(2)18(3,16)17/h5-8,10,13,15H,4,9,14H2,1-3H3. The quantitative estimate of drug-likeness (QED) is 0.599. The van der Waals surface area contributed by atoms with Gasteiger partial charge < -0.3 is 0 Å². The fraction of sp³-hybridized carbons (Fsp3) is 0.538. The molecule has 0 heterocycles. The van der Waals surface area contributed by atoms with Crippen LogP contribution in [0.2, 0.25) is 0 Å². The highest BCUT2D eigenvalue weighted by molar-refractivity contribution is 7.91. The summed E-state index contributed by atoms with van der Waals surface area (Å²) in [6, 6.07) is 7.91. The minimum Gasteiger partial charge on any atom is -0.271 e. The van der Waals surface area contributed by atoms with E-state index < -0.39 is 15.1 Å². The van der Waals surface area contributed by atoms with Crippen molar-refractivity contribution >= 4 is 9.84 Å². The lowest BCUT2D eigenvalue weighted by Crippen LogP contribution is -2.47. The summed E-state index contributed by atoms with van der Waals surface area (Å²) in [6.07, 6.45) is 2.84. The van der Waals surface area contributed by atoms with Crippen LogP contribution in [0, 0.1) is 0 Å². The van der Waals surface area contributed by atoms with Gasteiger partial charge in [0.1, 0.15) is 0 Å². The number of rotatable bonds is 6. The summed E-state index contributed by atoms with van der Waals surface area (Å²) in [5.41, 5.74) is 4.97. The van der Waals surface area contributed by atoms with E-state index in [0.29, 0.717) is 6.42 Å². The molecule has 1 aromatic carbocycles. The Bertz CT molecular complexity index is 468. The van der Waals surface area contributed by atoms with Gasteiger partial charge in [-0.05, 0) is 30.9 Å². The molecule has 0 aliphatic rings. The zero-order chi connectivity index (χ0) is 13.8. The Morgan fingerprint density at radius 1 is 1.22 bits per heavy atom. The Morgan fingerprint density at radius 3 is 2.11 bits per heavy atom. The molecular formula is C13H22N2O2S. The lowest BCUT2D eigenvalue weighted by atomic mass is 10.0. The first-order valence-electron chi connectivity index (χ1n) is 6.11. The molecule has 0 fully saturated rings. The zero-order valence-corrected chi connectivity index (χ0v) is 12.0. The van der Waals surface area contributed by atoms with E-state index in [4.69, 9.17) is 5.84 Å². The number of nitrogens with one attached hydrogen (secondary N) is 1. The van der Waals surface area contributed by atoms with Crippen molar-refractivity contribution < 1.29 is 8.42 Å². The van der Waals surface area contributed by atoms with Gasteiger partial charge in [0.25, 0.3) is 0 Å². The molecule has 0 aromatic heterocycles. The maximum atomic E-state index is 11.5. The van der Waals surface area contributed by atoms with Crippen LogP contribution in [-0.2, 0) is 22.7 Å². The summed E-state index contributed by atoms with van der Waals surface area (Å²) in [6.45, 7) is 3.78. The van der Waals surface area contributed by atoms with Gasteiger partial charge in [-0.15, -0.1) is 0 Å². The molecule has 4 nitrogen and oxygen atoms in total. The summed E-state index contributed by atoms with van der Waals surface area (Å²) in [5.74, 6) is 5.46. The van der Waals surface area contributed by atoms with E-state index in [1.54, 1.807) is 6.92 Å². The van der Waals surface area contributed by atoms with Crippen LogP contribution in [0.3, 0.4) is 0 Å². The van der Waals surface area contributed by atoms with Gasteiger partial charge in [-0.3, -0.25) is 11.3 Å². The van der Waals surface area contributed by atoms with Crippen molar-refractivity contribution in [3.05, 3.63) is 35.4 Å². The van der Waals surface area contributed by atoms with Crippen LogP contribution in [0.4, 0.5) is 0 Å². The molecule has 0 amide bonds. The molecule has 0 bridgehead atoms. The van der Waals surface area contributed by atoms with E-state index in [1.165, 1.54) is 11.8 Å². The number of nitrogens with two attached hydrogens (primary N) is 1. The molecule has 0 spiro atoms. The van der Waals surface area contributed by atoms with Crippen molar-refractivity contribution in [1.82, 2.24) is 5.43 Å². The third-order valence-corrected chi connectivity index (χ3v) is 5.02. The average molecular weight is 270 g/mol. The maximum absolute atomic E-state index is 11.5. The molecule has 102 valence electrons. The second kappa shape index (κ2) is 6.31. The van der Waals surface area contributed by atoms with E-state index in [1.807, 2.05) is 12.1 Å². The summed E-state index contributed by atoms with van der Waals surface area (Å²) >= 11 is 0. The number of sulfone groups is 1. The van der Waals surface area contributed by atoms with E-state index in [-0.39, 0.29) is 6.04 Å². The fourth-order valence-electron chi connectivity index (χ4n) is 1.82. The maximum Gasteiger partial charge on any atom is 0.151 e. The van der Waals surface area contributed by atoms with Crippen molar-refractivity contribution in [1.29, 1.82) is 0 Å². The van der Waals surface area contributed by atoms with Gasteiger partial charge in [-0.25, -0.2) is 8.42 Å². The number of aryl methyl sites for hydroxylation is 1. The Morgan fingerprint density at radius 2 is 1.72 bits per heavy atom. The molecule has 0 saturated carbocycles. The first-order chi connectivity index (χ1) is 8.38. The van der Waals surface area contributed by atoms with Crippen LogP contribution in [0.25, 0.3) is 0 Å². The van der Waals surface area contributed by atoms with Gasteiger partial charge in [0.05, 0.1) is 5.25 Å². The average Bonchev–Trinajstić information content (AvgIpc) is 2.34. The number of hydrogen-bond acceptors (Lipinski definition) is 4. The number of hydrazine groups is 1. The van der Waals surface area contributed by atoms with Crippen molar-refractivity contribution in [2.75, 3.05) is 6.26 Å². The molecule has 2 unspecified atom stereocenters. The van der Waals surface area contributed by atoms with Crippen LogP contribution in [0.1, 0.15) is 25.0 Å². The molecule has 18 heavy (non-hydrogen) atoms. The van der Waals surface area contributed by atoms with Gasteiger partial charge in [0.15, 0.2) is 9.84 Å². The SMILES string of the molecule is CCc1ccc(CC(NN)C(C)S(C)(=O)=O)cc1. The van der Waals surface area contributed by atoms with Gasteiger partial charge in [-0.2, -0.15) is 0 Å². The van der Waals surface area contributed by atoms with Crippen LogP contribution in [0.5, 0.6) is 0 Å². The normalized spacial score (nSPS) is 15.3. The van der Waals surface area contributed by atoms with E-state index >= 15 is 0 Å². The highest BCUT2D eigenvalue weighted by atomic mass is 32.2. The molecular weight excluding hydrogens is 248 g/mol. The van der Waals surface area contributed by atoms with Gasteiger partial charge in [0, 0.05) is 12.3 Å². The third-order valence-electron chi connectivity index (χ3n) is 3.34. The van der Waals surface area contributed by atoms with Gasteiger partial charge in [0.2, 0.25) is 0 Å². The second-order valence-electron chi connectivity index (χ2n) is 4.68.